The van der Waals surface area contributed by atoms with Crippen LogP contribution in [0.2, 0.25) is 0 Å². The van der Waals surface area contributed by atoms with Gasteiger partial charge in [-0.25, -0.2) is 9.36 Å². The molecule has 25 heavy (non-hydrogen) atoms. The van der Waals surface area contributed by atoms with Crippen molar-refractivity contribution in [2.24, 2.45) is 0 Å². The summed E-state index contributed by atoms with van der Waals surface area (Å²) in [7, 11) is 0. The Bertz CT molecular complexity index is 972. The second-order valence-electron chi connectivity index (χ2n) is 5.45. The fourth-order valence-corrected chi connectivity index (χ4v) is 2.68. The second kappa shape index (κ2) is 7.06. The summed E-state index contributed by atoms with van der Waals surface area (Å²) in [5.41, 5.74) is 1.54. The summed E-state index contributed by atoms with van der Waals surface area (Å²) in [5, 5.41) is 11.4. The zero-order valence-corrected chi connectivity index (χ0v) is 15.3. The Hall–Kier alpha value is -2.68. The topological polar surface area (TPSA) is 95.0 Å². The molecule has 3 aromatic heterocycles. The van der Waals surface area contributed by atoms with Crippen LogP contribution < -0.4 is 10.9 Å². The van der Waals surface area contributed by atoms with Crippen LogP contribution in [0.15, 0.2) is 44.2 Å². The molecule has 3 heterocycles. The molecule has 0 bridgehead atoms. The van der Waals surface area contributed by atoms with Gasteiger partial charge in [0.2, 0.25) is 0 Å². The van der Waals surface area contributed by atoms with Gasteiger partial charge in [-0.1, -0.05) is 0 Å². The van der Waals surface area contributed by atoms with Gasteiger partial charge in [0.15, 0.2) is 16.2 Å². The number of aromatic nitrogens is 4. The average Bonchev–Trinajstić information content (AvgIpc) is 3.14. The van der Waals surface area contributed by atoms with Crippen LogP contribution in [-0.2, 0) is 6.54 Å². The van der Waals surface area contributed by atoms with Crippen LogP contribution in [0.4, 0.5) is 0 Å². The number of hydrogen-bond donors (Lipinski definition) is 1. The van der Waals surface area contributed by atoms with E-state index < -0.39 is 0 Å². The zero-order chi connectivity index (χ0) is 18.0. The summed E-state index contributed by atoms with van der Waals surface area (Å²) in [5.74, 6) is 0.392. The lowest BCUT2D eigenvalue weighted by atomic mass is 10.4. The first-order chi connectivity index (χ1) is 11.9. The predicted molar refractivity (Wildman–Crippen MR) is 93.8 cm³/mol. The first-order valence-corrected chi connectivity index (χ1v) is 8.39. The Labute approximate surface area is 151 Å². The molecule has 0 aliphatic heterocycles. The molecule has 3 rings (SSSR count). The molecule has 0 unspecified atom stereocenters. The minimum Gasteiger partial charge on any atom is -0.444 e. The third-order valence-corrected chi connectivity index (χ3v) is 3.91. The molecule has 1 N–H and O–H groups in total. The summed E-state index contributed by atoms with van der Waals surface area (Å²) < 4.78 is 8.62. The first-order valence-electron chi connectivity index (χ1n) is 7.59. The Morgan fingerprint density at radius 2 is 2.04 bits per heavy atom. The van der Waals surface area contributed by atoms with Crippen LogP contribution in [-0.4, -0.2) is 32.0 Å². The van der Waals surface area contributed by atoms with Gasteiger partial charge < -0.3 is 9.73 Å². The van der Waals surface area contributed by atoms with Crippen molar-refractivity contribution in [3.63, 3.8) is 0 Å². The molecule has 0 aliphatic carbocycles. The summed E-state index contributed by atoms with van der Waals surface area (Å²) in [6, 6.07) is 8.19. The van der Waals surface area contributed by atoms with E-state index in [4.69, 9.17) is 4.42 Å². The Balaban J connectivity index is 1.70. The van der Waals surface area contributed by atoms with E-state index in [9.17, 15) is 9.59 Å². The molecule has 0 atom stereocenters. The molecule has 0 fully saturated rings. The largest absolute Gasteiger partial charge is 0.444 e. The van der Waals surface area contributed by atoms with E-state index in [0.29, 0.717) is 10.5 Å². The third-order valence-electron chi connectivity index (χ3n) is 3.49. The SMILES string of the molecule is Cc1cc(C)n(-c2ccc(=O)n(CCNC(=O)c3ccc(Br)o3)n2)n1. The minimum atomic E-state index is -0.353. The number of aryl methyl sites for hydroxylation is 2. The van der Waals surface area contributed by atoms with Crippen LogP contribution in [0.1, 0.15) is 21.9 Å². The van der Waals surface area contributed by atoms with E-state index >= 15 is 0 Å². The summed E-state index contributed by atoms with van der Waals surface area (Å²) in [4.78, 5) is 23.9. The molecule has 9 heteroatoms. The van der Waals surface area contributed by atoms with Gasteiger partial charge in [-0.3, -0.25) is 9.59 Å². The zero-order valence-electron chi connectivity index (χ0n) is 13.7. The number of carbonyl (C=O) groups is 1. The van der Waals surface area contributed by atoms with E-state index in [0.717, 1.165) is 11.4 Å². The fourth-order valence-electron chi connectivity index (χ4n) is 2.37. The van der Waals surface area contributed by atoms with Crippen molar-refractivity contribution in [2.75, 3.05) is 6.54 Å². The van der Waals surface area contributed by atoms with E-state index in [1.54, 1.807) is 22.9 Å². The smallest absolute Gasteiger partial charge is 0.287 e. The highest BCUT2D eigenvalue weighted by atomic mass is 79.9. The number of rotatable bonds is 5. The molecule has 3 aromatic rings. The van der Waals surface area contributed by atoms with Crippen molar-refractivity contribution in [1.29, 1.82) is 0 Å². The van der Waals surface area contributed by atoms with Gasteiger partial charge in [0.1, 0.15) is 0 Å². The van der Waals surface area contributed by atoms with Crippen molar-refractivity contribution in [1.82, 2.24) is 24.9 Å². The number of nitrogens with one attached hydrogen (secondary N) is 1. The predicted octanol–water partition coefficient (Wildman–Crippen LogP) is 1.83. The van der Waals surface area contributed by atoms with E-state index in [2.05, 4.69) is 31.4 Å². The molecule has 0 aromatic carbocycles. The Morgan fingerprint density at radius 1 is 1.24 bits per heavy atom. The minimum absolute atomic E-state index is 0.198. The fraction of sp³-hybridized carbons (Fsp3) is 0.250. The third kappa shape index (κ3) is 3.87. The molecule has 0 spiro atoms. The number of furan rings is 1. The molecule has 0 saturated carbocycles. The molecule has 0 aliphatic rings. The van der Waals surface area contributed by atoms with Gasteiger partial charge in [-0.2, -0.15) is 5.10 Å². The second-order valence-corrected chi connectivity index (χ2v) is 6.23. The molecule has 0 saturated heterocycles. The van der Waals surface area contributed by atoms with Gasteiger partial charge in [-0.05, 0) is 54.0 Å². The van der Waals surface area contributed by atoms with Crippen LogP contribution in [0.5, 0.6) is 0 Å². The number of amides is 1. The normalized spacial score (nSPS) is 10.8. The van der Waals surface area contributed by atoms with Crippen LogP contribution >= 0.6 is 15.9 Å². The van der Waals surface area contributed by atoms with Crippen LogP contribution in [0.3, 0.4) is 0 Å². The van der Waals surface area contributed by atoms with Crippen LogP contribution in [0, 0.1) is 13.8 Å². The highest BCUT2D eigenvalue weighted by Crippen LogP contribution is 2.13. The number of carbonyl (C=O) groups excluding carboxylic acids is 1. The Kier molecular flexibility index (Phi) is 4.84. The van der Waals surface area contributed by atoms with Crippen molar-refractivity contribution in [2.45, 2.75) is 20.4 Å². The van der Waals surface area contributed by atoms with E-state index in [1.807, 2.05) is 19.9 Å². The standard InChI is InChI=1S/C16H16BrN5O3/c1-10-9-11(2)22(19-10)14-5-6-15(23)21(20-14)8-7-18-16(24)12-3-4-13(17)25-12/h3-6,9H,7-8H2,1-2H3,(H,18,24). The highest BCUT2D eigenvalue weighted by molar-refractivity contribution is 9.10. The summed E-state index contributed by atoms with van der Waals surface area (Å²) in [6.07, 6.45) is 0. The average molecular weight is 406 g/mol. The highest BCUT2D eigenvalue weighted by Gasteiger charge is 2.11. The lowest BCUT2D eigenvalue weighted by molar-refractivity contribution is 0.0922. The molecule has 130 valence electrons. The van der Waals surface area contributed by atoms with Gasteiger partial charge >= 0.3 is 0 Å². The maximum atomic E-state index is 12.0. The van der Waals surface area contributed by atoms with Gasteiger partial charge in [0.05, 0.1) is 12.2 Å². The van der Waals surface area contributed by atoms with E-state index in [1.165, 1.54) is 10.7 Å². The van der Waals surface area contributed by atoms with E-state index in [-0.39, 0.29) is 30.3 Å². The monoisotopic (exact) mass is 405 g/mol. The van der Waals surface area contributed by atoms with Crippen molar-refractivity contribution >= 4 is 21.8 Å². The summed E-state index contributed by atoms with van der Waals surface area (Å²) >= 11 is 3.14. The van der Waals surface area contributed by atoms with Gasteiger partial charge in [-0.15, -0.1) is 5.10 Å². The van der Waals surface area contributed by atoms with Gasteiger partial charge in [0, 0.05) is 18.3 Å². The number of hydrogen-bond acceptors (Lipinski definition) is 5. The van der Waals surface area contributed by atoms with Crippen LogP contribution in [0.25, 0.3) is 5.82 Å². The van der Waals surface area contributed by atoms with Crippen molar-refractivity contribution < 1.29 is 9.21 Å². The first kappa shape index (κ1) is 17.2. The quantitative estimate of drug-likeness (QED) is 0.698. The van der Waals surface area contributed by atoms with Crippen molar-refractivity contribution in [3.8, 4) is 5.82 Å². The molecule has 1 amide bonds. The van der Waals surface area contributed by atoms with Crippen molar-refractivity contribution in [3.05, 3.63) is 62.5 Å². The van der Waals surface area contributed by atoms with Gasteiger partial charge in [0.25, 0.3) is 11.5 Å². The molecule has 8 nitrogen and oxygen atoms in total. The lowest BCUT2D eigenvalue weighted by Crippen LogP contribution is -2.32. The maximum absolute atomic E-state index is 12.0. The number of halogens is 1. The Morgan fingerprint density at radius 3 is 2.68 bits per heavy atom. The number of nitrogens with zero attached hydrogens (tertiary/aromatic N) is 4. The summed E-state index contributed by atoms with van der Waals surface area (Å²) in [6.45, 7) is 4.28. The molecule has 0 radical (unpaired) electrons. The maximum Gasteiger partial charge on any atom is 0.287 e. The molecular formula is C16H16BrN5O3. The molecular weight excluding hydrogens is 390 g/mol. The lowest BCUT2D eigenvalue weighted by Gasteiger charge is -2.08.